The Labute approximate surface area is 193 Å². The van der Waals surface area contributed by atoms with Crippen molar-refractivity contribution in [2.24, 2.45) is 0 Å². The van der Waals surface area contributed by atoms with Gasteiger partial charge in [-0.1, -0.05) is 41.4 Å². The van der Waals surface area contributed by atoms with Gasteiger partial charge in [-0.15, -0.1) is 11.8 Å². The molecule has 3 aromatic rings. The Morgan fingerprint density at radius 1 is 1.13 bits per heavy atom. The smallest absolute Gasteiger partial charge is 0.257 e. The van der Waals surface area contributed by atoms with Gasteiger partial charge >= 0.3 is 0 Å². The fraction of sp³-hybridized carbons (Fsp3) is 0.130. The molecule has 31 heavy (non-hydrogen) atoms. The van der Waals surface area contributed by atoms with Gasteiger partial charge in [0.25, 0.3) is 5.91 Å². The summed E-state index contributed by atoms with van der Waals surface area (Å²) in [4.78, 5) is 26.7. The zero-order chi connectivity index (χ0) is 22.1. The average Bonchev–Trinajstić information content (AvgIpc) is 3.11. The number of nitrogens with zero attached hydrogens (tertiary/aromatic N) is 1. The van der Waals surface area contributed by atoms with Gasteiger partial charge in [-0.05, 0) is 60.5 Å². The van der Waals surface area contributed by atoms with E-state index in [1.807, 2.05) is 13.0 Å². The van der Waals surface area contributed by atoms with E-state index in [9.17, 15) is 14.0 Å². The number of nitrogens with one attached hydrogen (secondary N) is 1. The number of hydrogen-bond acceptors (Lipinski definition) is 3. The van der Waals surface area contributed by atoms with Crippen LogP contribution >= 0.6 is 35.0 Å². The number of aryl methyl sites for hydroxylation is 1. The minimum Gasteiger partial charge on any atom is -0.322 e. The number of rotatable bonds is 4. The highest BCUT2D eigenvalue weighted by atomic mass is 35.5. The van der Waals surface area contributed by atoms with Crippen molar-refractivity contribution in [3.8, 4) is 0 Å². The van der Waals surface area contributed by atoms with Crippen molar-refractivity contribution in [1.29, 1.82) is 0 Å². The molecule has 3 aromatic carbocycles. The molecule has 1 fully saturated rings. The number of benzene rings is 3. The molecule has 0 radical (unpaired) electrons. The van der Waals surface area contributed by atoms with Gasteiger partial charge in [0.1, 0.15) is 11.2 Å². The number of thioether (sulfide) groups is 1. The third-order valence-corrected chi connectivity index (χ3v) is 6.59. The molecule has 1 heterocycles. The van der Waals surface area contributed by atoms with Crippen LogP contribution in [-0.2, 0) is 4.79 Å². The van der Waals surface area contributed by atoms with Crippen LogP contribution in [0.25, 0.3) is 0 Å². The predicted molar refractivity (Wildman–Crippen MR) is 125 cm³/mol. The molecule has 0 aliphatic carbocycles. The third kappa shape index (κ3) is 4.56. The first kappa shape index (κ1) is 21.7. The van der Waals surface area contributed by atoms with Gasteiger partial charge in [0, 0.05) is 10.7 Å². The van der Waals surface area contributed by atoms with E-state index in [1.54, 1.807) is 42.5 Å². The third-order valence-electron chi connectivity index (χ3n) is 4.83. The molecule has 4 rings (SSSR count). The predicted octanol–water partition coefficient (Wildman–Crippen LogP) is 6.47. The SMILES string of the molecule is Cc1ccc(F)c(N2C(=O)CS[C@H]2c2cccc(NC(=O)c3ccc(Cl)cc3Cl)c2)c1. The van der Waals surface area contributed by atoms with Crippen molar-refractivity contribution in [3.05, 3.63) is 93.2 Å². The largest absolute Gasteiger partial charge is 0.322 e. The summed E-state index contributed by atoms with van der Waals surface area (Å²) in [6, 6.07) is 16.5. The maximum atomic E-state index is 14.5. The van der Waals surface area contributed by atoms with E-state index in [4.69, 9.17) is 23.2 Å². The first-order valence-electron chi connectivity index (χ1n) is 9.39. The number of carbonyl (C=O) groups is 2. The molecular formula is C23H17Cl2FN2O2S. The van der Waals surface area contributed by atoms with Gasteiger partial charge in [0.05, 0.1) is 22.0 Å². The summed E-state index contributed by atoms with van der Waals surface area (Å²) in [6.07, 6.45) is 0. The first-order valence-corrected chi connectivity index (χ1v) is 11.2. The Morgan fingerprint density at radius 2 is 1.94 bits per heavy atom. The topological polar surface area (TPSA) is 49.4 Å². The highest BCUT2D eigenvalue weighted by Crippen LogP contribution is 2.43. The van der Waals surface area contributed by atoms with Crippen LogP contribution in [0.1, 0.15) is 26.9 Å². The molecule has 1 saturated heterocycles. The number of carbonyl (C=O) groups excluding carboxylic acids is 2. The van der Waals surface area contributed by atoms with Crippen LogP contribution < -0.4 is 10.2 Å². The van der Waals surface area contributed by atoms with Crippen LogP contribution in [0.5, 0.6) is 0 Å². The standard InChI is InChI=1S/C23H17Cl2FN2O2S/c1-13-5-8-19(26)20(9-13)28-21(29)12-31-23(28)14-3-2-4-16(10-14)27-22(30)17-7-6-15(24)11-18(17)25/h2-11,23H,12H2,1H3,(H,27,30)/t23-/m0/s1. The van der Waals surface area contributed by atoms with Crippen LogP contribution in [0.2, 0.25) is 10.0 Å². The molecule has 0 spiro atoms. The van der Waals surface area contributed by atoms with E-state index in [0.29, 0.717) is 16.3 Å². The summed E-state index contributed by atoms with van der Waals surface area (Å²) in [6.45, 7) is 1.85. The maximum absolute atomic E-state index is 14.5. The molecule has 8 heteroatoms. The van der Waals surface area contributed by atoms with Gasteiger partial charge in [-0.2, -0.15) is 0 Å². The Bertz CT molecular complexity index is 1190. The molecule has 1 aliphatic heterocycles. The van der Waals surface area contributed by atoms with E-state index in [-0.39, 0.29) is 28.3 Å². The number of hydrogen-bond donors (Lipinski definition) is 1. The van der Waals surface area contributed by atoms with Crippen LogP contribution in [-0.4, -0.2) is 17.6 Å². The highest BCUT2D eigenvalue weighted by Gasteiger charge is 2.35. The summed E-state index contributed by atoms with van der Waals surface area (Å²) in [5, 5.41) is 3.10. The maximum Gasteiger partial charge on any atom is 0.257 e. The molecule has 2 amide bonds. The lowest BCUT2D eigenvalue weighted by Gasteiger charge is -2.25. The Balaban J connectivity index is 1.62. The second-order valence-electron chi connectivity index (χ2n) is 7.09. The van der Waals surface area contributed by atoms with E-state index < -0.39 is 11.2 Å². The molecular weight excluding hydrogens is 458 g/mol. The number of halogens is 3. The van der Waals surface area contributed by atoms with Crippen molar-refractivity contribution in [2.45, 2.75) is 12.3 Å². The van der Waals surface area contributed by atoms with E-state index in [1.165, 1.54) is 28.8 Å². The van der Waals surface area contributed by atoms with Crippen molar-refractivity contribution in [3.63, 3.8) is 0 Å². The van der Waals surface area contributed by atoms with Gasteiger partial charge in [-0.25, -0.2) is 4.39 Å². The minimum absolute atomic E-state index is 0.165. The average molecular weight is 475 g/mol. The fourth-order valence-electron chi connectivity index (χ4n) is 3.38. The fourth-order valence-corrected chi connectivity index (χ4v) is 5.03. The Kier molecular flexibility index (Phi) is 6.23. The van der Waals surface area contributed by atoms with Crippen molar-refractivity contribution >= 4 is 58.2 Å². The van der Waals surface area contributed by atoms with Gasteiger partial charge < -0.3 is 5.32 Å². The quantitative estimate of drug-likeness (QED) is 0.471. The summed E-state index contributed by atoms with van der Waals surface area (Å²) in [5.41, 5.74) is 2.73. The molecule has 158 valence electrons. The van der Waals surface area contributed by atoms with Gasteiger partial charge in [0.15, 0.2) is 0 Å². The zero-order valence-corrected chi connectivity index (χ0v) is 18.7. The van der Waals surface area contributed by atoms with E-state index >= 15 is 0 Å². The van der Waals surface area contributed by atoms with Gasteiger partial charge in [0.2, 0.25) is 5.91 Å². The molecule has 1 aliphatic rings. The van der Waals surface area contributed by atoms with Crippen LogP contribution in [0.4, 0.5) is 15.8 Å². The molecule has 0 unspecified atom stereocenters. The first-order chi connectivity index (χ1) is 14.8. The van der Waals surface area contributed by atoms with E-state index in [2.05, 4.69) is 5.32 Å². The monoisotopic (exact) mass is 474 g/mol. The van der Waals surface area contributed by atoms with E-state index in [0.717, 1.165) is 11.1 Å². The molecule has 0 saturated carbocycles. The lowest BCUT2D eigenvalue weighted by molar-refractivity contribution is -0.115. The molecule has 0 bridgehead atoms. The van der Waals surface area contributed by atoms with Crippen molar-refractivity contribution < 1.29 is 14.0 Å². The van der Waals surface area contributed by atoms with Gasteiger partial charge in [-0.3, -0.25) is 14.5 Å². The minimum atomic E-state index is -0.451. The summed E-state index contributed by atoms with van der Waals surface area (Å²) in [7, 11) is 0. The summed E-state index contributed by atoms with van der Waals surface area (Å²) < 4.78 is 14.5. The number of amides is 2. The van der Waals surface area contributed by atoms with Crippen molar-refractivity contribution in [1.82, 2.24) is 0 Å². The Hall–Kier alpha value is -2.54. The second-order valence-corrected chi connectivity index (χ2v) is 9.00. The molecule has 1 N–H and O–H groups in total. The van der Waals surface area contributed by atoms with Crippen LogP contribution in [0.3, 0.4) is 0 Å². The zero-order valence-electron chi connectivity index (χ0n) is 16.4. The Morgan fingerprint density at radius 3 is 2.71 bits per heavy atom. The lowest BCUT2D eigenvalue weighted by atomic mass is 10.1. The number of anilines is 2. The van der Waals surface area contributed by atoms with Crippen LogP contribution in [0.15, 0.2) is 60.7 Å². The van der Waals surface area contributed by atoms with Crippen LogP contribution in [0, 0.1) is 12.7 Å². The second kappa shape index (κ2) is 8.91. The molecule has 1 atom stereocenters. The molecule has 4 nitrogen and oxygen atoms in total. The van der Waals surface area contributed by atoms with Crippen molar-refractivity contribution in [2.75, 3.05) is 16.0 Å². The molecule has 0 aromatic heterocycles. The lowest BCUT2D eigenvalue weighted by Crippen LogP contribution is -2.28. The normalized spacial score (nSPS) is 15.9. The summed E-state index contributed by atoms with van der Waals surface area (Å²) >= 11 is 13.4. The highest BCUT2D eigenvalue weighted by molar-refractivity contribution is 8.00. The summed E-state index contributed by atoms with van der Waals surface area (Å²) in [5.74, 6) is -0.750.